The Morgan fingerprint density at radius 3 is 2.26 bits per heavy atom. The first-order valence-electron chi connectivity index (χ1n) is 11.1. The number of urea groups is 1. The van der Waals surface area contributed by atoms with Crippen molar-refractivity contribution < 1.29 is 27.8 Å². The number of nitrogens with zero attached hydrogens (tertiary/aromatic N) is 2. The van der Waals surface area contributed by atoms with Gasteiger partial charge in [0.05, 0.1) is 11.1 Å². The molecule has 1 N–H and O–H groups in total. The van der Waals surface area contributed by atoms with Gasteiger partial charge in [-0.3, -0.25) is 0 Å². The number of alkyl halides is 3. The Labute approximate surface area is 180 Å². The first-order chi connectivity index (χ1) is 14.4. The molecular weight excluding hydrogens is 409 g/mol. The Hall–Kier alpha value is -1.96. The summed E-state index contributed by atoms with van der Waals surface area (Å²) in [5, 5.41) is 10.9. The predicted molar refractivity (Wildman–Crippen MR) is 107 cm³/mol. The summed E-state index contributed by atoms with van der Waals surface area (Å²) < 4.78 is 41.1. The van der Waals surface area contributed by atoms with Gasteiger partial charge in [0.2, 0.25) is 0 Å². The largest absolute Gasteiger partial charge is 0.573 e. The molecule has 1 aromatic carbocycles. The van der Waals surface area contributed by atoms with E-state index in [2.05, 4.69) is 4.74 Å². The van der Waals surface area contributed by atoms with Gasteiger partial charge >= 0.3 is 12.4 Å². The molecule has 31 heavy (non-hydrogen) atoms. The Kier molecular flexibility index (Phi) is 4.57. The number of carbonyl (C=O) groups excluding carboxylic acids is 1. The van der Waals surface area contributed by atoms with Gasteiger partial charge in [0, 0.05) is 19.1 Å². The van der Waals surface area contributed by atoms with E-state index in [1.807, 2.05) is 23.6 Å². The van der Waals surface area contributed by atoms with E-state index in [-0.39, 0.29) is 23.4 Å². The maximum atomic E-state index is 13.5. The van der Waals surface area contributed by atoms with Crippen LogP contribution >= 0.6 is 0 Å². The topological polar surface area (TPSA) is 53.0 Å². The highest BCUT2D eigenvalue weighted by atomic mass is 19.4. The van der Waals surface area contributed by atoms with Gasteiger partial charge in [-0.25, -0.2) is 4.79 Å². The van der Waals surface area contributed by atoms with Crippen LogP contribution in [0.5, 0.6) is 5.75 Å². The van der Waals surface area contributed by atoms with Gasteiger partial charge in [-0.2, -0.15) is 0 Å². The summed E-state index contributed by atoms with van der Waals surface area (Å²) >= 11 is 0. The molecule has 2 unspecified atom stereocenters. The average Bonchev–Trinajstić information content (AvgIpc) is 2.84. The predicted octanol–water partition coefficient (Wildman–Crippen LogP) is 4.54. The van der Waals surface area contributed by atoms with Crippen LogP contribution in [0.2, 0.25) is 0 Å². The standard InChI is InChI=1S/C23H29F3N2O3/c1-21(2)13-27(19-16-7-15-8-17(19)11-22(30,9-15)10-16)20(29)28(21)12-14-3-5-18(6-4-14)31-23(24,25)26/h3-6,15-17,19,30H,7-13H2,1-2H3. The maximum Gasteiger partial charge on any atom is 0.573 e. The molecule has 5 nitrogen and oxygen atoms in total. The molecule has 170 valence electrons. The molecule has 4 bridgehead atoms. The lowest BCUT2D eigenvalue weighted by molar-refractivity contribution is -0.274. The van der Waals surface area contributed by atoms with Crippen LogP contribution in [-0.4, -0.2) is 51.0 Å². The zero-order valence-corrected chi connectivity index (χ0v) is 17.9. The van der Waals surface area contributed by atoms with Gasteiger partial charge in [0.25, 0.3) is 0 Å². The van der Waals surface area contributed by atoms with Crippen molar-refractivity contribution >= 4 is 6.03 Å². The first kappa shape index (κ1) is 20.9. The van der Waals surface area contributed by atoms with Gasteiger partial charge in [-0.05, 0) is 81.4 Å². The molecule has 6 rings (SSSR count). The van der Waals surface area contributed by atoms with Crippen LogP contribution in [0, 0.1) is 17.8 Å². The third kappa shape index (κ3) is 3.77. The third-order valence-corrected chi connectivity index (χ3v) is 7.81. The molecule has 0 radical (unpaired) electrons. The molecule has 0 aromatic heterocycles. The summed E-state index contributed by atoms with van der Waals surface area (Å²) in [6.45, 7) is 5.04. The van der Waals surface area contributed by atoms with Crippen molar-refractivity contribution in [1.82, 2.24) is 9.80 Å². The SMILES string of the molecule is CC1(C)CN(C2C3CC4CC2CC(O)(C4)C3)C(=O)N1Cc1ccc(OC(F)(F)F)cc1. The van der Waals surface area contributed by atoms with Crippen molar-refractivity contribution in [2.75, 3.05) is 6.54 Å². The van der Waals surface area contributed by atoms with E-state index < -0.39 is 12.0 Å². The zero-order valence-electron chi connectivity index (χ0n) is 17.9. The van der Waals surface area contributed by atoms with Gasteiger partial charge in [0.15, 0.2) is 0 Å². The number of rotatable bonds is 4. The second-order valence-electron chi connectivity index (χ2n) is 10.7. The number of hydrogen-bond donors (Lipinski definition) is 1. The summed E-state index contributed by atoms with van der Waals surface area (Å²) in [7, 11) is 0. The molecular formula is C23H29F3N2O3. The minimum absolute atomic E-state index is 0.00918. The fourth-order valence-corrected chi connectivity index (χ4v) is 6.94. The van der Waals surface area contributed by atoms with E-state index in [1.54, 1.807) is 12.1 Å². The lowest BCUT2D eigenvalue weighted by Crippen LogP contribution is -2.62. The molecule has 1 heterocycles. The number of halogens is 3. The third-order valence-electron chi connectivity index (χ3n) is 7.81. The number of ether oxygens (including phenoxy) is 1. The van der Waals surface area contributed by atoms with Crippen molar-refractivity contribution in [3.05, 3.63) is 29.8 Å². The lowest BCUT2D eigenvalue weighted by Gasteiger charge is -2.59. The van der Waals surface area contributed by atoms with Crippen LogP contribution in [-0.2, 0) is 6.54 Å². The Balaban J connectivity index is 1.32. The molecule has 5 fully saturated rings. The fourth-order valence-electron chi connectivity index (χ4n) is 6.94. The molecule has 1 aliphatic heterocycles. The molecule has 1 aromatic rings. The number of benzene rings is 1. The Morgan fingerprint density at radius 1 is 1.10 bits per heavy atom. The molecule has 5 aliphatic rings. The Morgan fingerprint density at radius 2 is 1.71 bits per heavy atom. The van der Waals surface area contributed by atoms with Crippen molar-refractivity contribution in [2.45, 2.75) is 76.0 Å². The van der Waals surface area contributed by atoms with E-state index in [0.717, 1.165) is 37.7 Å². The normalized spacial score (nSPS) is 36.4. The number of aliphatic hydroxyl groups is 1. The molecule has 4 saturated carbocycles. The molecule has 1 saturated heterocycles. The summed E-state index contributed by atoms with van der Waals surface area (Å²) in [5.74, 6) is 1.03. The van der Waals surface area contributed by atoms with Crippen LogP contribution in [0.1, 0.15) is 51.5 Å². The molecule has 8 heteroatoms. The fraction of sp³-hybridized carbons (Fsp3) is 0.696. The monoisotopic (exact) mass is 438 g/mol. The number of hydrogen-bond acceptors (Lipinski definition) is 3. The minimum Gasteiger partial charge on any atom is -0.406 e. The van der Waals surface area contributed by atoms with E-state index in [9.17, 15) is 23.1 Å². The molecule has 2 amide bonds. The quantitative estimate of drug-likeness (QED) is 0.751. The van der Waals surface area contributed by atoms with Crippen LogP contribution in [0.25, 0.3) is 0 Å². The molecule has 0 spiro atoms. The van der Waals surface area contributed by atoms with Crippen molar-refractivity contribution in [3.8, 4) is 5.75 Å². The number of carbonyl (C=O) groups is 1. The second-order valence-corrected chi connectivity index (χ2v) is 10.7. The highest BCUT2D eigenvalue weighted by Crippen LogP contribution is 2.57. The Bertz CT molecular complexity index is 854. The second kappa shape index (κ2) is 6.77. The lowest BCUT2D eigenvalue weighted by atomic mass is 9.52. The molecule has 2 atom stereocenters. The summed E-state index contributed by atoms with van der Waals surface area (Å²) in [6, 6.07) is 5.89. The van der Waals surface area contributed by atoms with Crippen LogP contribution in [0.4, 0.5) is 18.0 Å². The average molecular weight is 438 g/mol. The summed E-state index contributed by atoms with van der Waals surface area (Å²) in [5.41, 5.74) is -0.160. The van der Waals surface area contributed by atoms with Gasteiger partial charge in [-0.1, -0.05) is 12.1 Å². The van der Waals surface area contributed by atoms with E-state index in [4.69, 9.17) is 0 Å². The van der Waals surface area contributed by atoms with Crippen LogP contribution in [0.3, 0.4) is 0 Å². The smallest absolute Gasteiger partial charge is 0.406 e. The van der Waals surface area contributed by atoms with Crippen LogP contribution < -0.4 is 4.74 Å². The summed E-state index contributed by atoms with van der Waals surface area (Å²) in [6.07, 6.45) is -0.0547. The number of amides is 2. The molecule has 4 aliphatic carbocycles. The summed E-state index contributed by atoms with van der Waals surface area (Å²) in [4.78, 5) is 17.4. The zero-order chi connectivity index (χ0) is 22.2. The van der Waals surface area contributed by atoms with Gasteiger partial charge in [0.1, 0.15) is 5.75 Å². The van der Waals surface area contributed by atoms with Crippen molar-refractivity contribution in [3.63, 3.8) is 0 Å². The van der Waals surface area contributed by atoms with E-state index >= 15 is 0 Å². The van der Waals surface area contributed by atoms with Crippen molar-refractivity contribution in [2.24, 2.45) is 17.8 Å². The van der Waals surface area contributed by atoms with Crippen LogP contribution in [0.15, 0.2) is 24.3 Å². The first-order valence-corrected chi connectivity index (χ1v) is 11.1. The highest BCUT2D eigenvalue weighted by molar-refractivity contribution is 5.78. The van der Waals surface area contributed by atoms with E-state index in [0.29, 0.717) is 30.8 Å². The van der Waals surface area contributed by atoms with Gasteiger partial charge < -0.3 is 19.6 Å². The minimum atomic E-state index is -4.72. The maximum absolute atomic E-state index is 13.5. The van der Waals surface area contributed by atoms with E-state index in [1.165, 1.54) is 12.1 Å². The van der Waals surface area contributed by atoms with Crippen molar-refractivity contribution in [1.29, 1.82) is 0 Å². The highest BCUT2D eigenvalue weighted by Gasteiger charge is 2.59. The van der Waals surface area contributed by atoms with Gasteiger partial charge in [-0.15, -0.1) is 13.2 Å².